The topological polar surface area (TPSA) is 87.3 Å². The Balaban J connectivity index is 1.30. The summed E-state index contributed by atoms with van der Waals surface area (Å²) in [5, 5.41) is 9.96. The molecule has 0 aliphatic carbocycles. The van der Waals surface area contributed by atoms with Gasteiger partial charge in [0.2, 0.25) is 5.91 Å². The van der Waals surface area contributed by atoms with E-state index in [9.17, 15) is 18.8 Å². The molecule has 6 nitrogen and oxygen atoms in total. The Morgan fingerprint density at radius 2 is 1.35 bits per heavy atom. The minimum Gasteiger partial charge on any atom is -0.325 e. The molecule has 0 saturated carbocycles. The molecule has 5 aromatic rings. The number of rotatable bonds is 9. The van der Waals surface area contributed by atoms with Crippen LogP contribution in [0, 0.1) is 5.82 Å². The predicted octanol–water partition coefficient (Wildman–Crippen LogP) is 7.51. The third-order valence-corrected chi connectivity index (χ3v) is 7.67. The molecule has 0 aromatic heterocycles. The molecular formula is C35H28FN3O3S. The van der Waals surface area contributed by atoms with Crippen LogP contribution in [0.5, 0.6) is 0 Å². The van der Waals surface area contributed by atoms with Crippen molar-refractivity contribution in [2.45, 2.75) is 17.1 Å². The van der Waals surface area contributed by atoms with Crippen molar-refractivity contribution in [2.24, 2.45) is 0 Å². The highest BCUT2D eigenvalue weighted by Gasteiger charge is 2.17. The minimum atomic E-state index is -0.482. The average molecular weight is 590 g/mol. The lowest BCUT2D eigenvalue weighted by Crippen LogP contribution is -2.30. The largest absolute Gasteiger partial charge is 0.325 e. The molecule has 43 heavy (non-hydrogen) atoms. The predicted molar refractivity (Wildman–Crippen MR) is 171 cm³/mol. The number of halogens is 1. The molecule has 8 heteroatoms. The van der Waals surface area contributed by atoms with E-state index in [0.29, 0.717) is 16.9 Å². The first-order valence-corrected chi connectivity index (χ1v) is 14.4. The number of carbonyl (C=O) groups excluding carboxylic acids is 3. The van der Waals surface area contributed by atoms with Gasteiger partial charge in [-0.3, -0.25) is 14.4 Å². The van der Waals surface area contributed by atoms with Gasteiger partial charge in [0.15, 0.2) is 0 Å². The Morgan fingerprint density at radius 3 is 2.09 bits per heavy atom. The maximum atomic E-state index is 13.5. The molecule has 0 aliphatic heterocycles. The molecule has 214 valence electrons. The van der Waals surface area contributed by atoms with Gasteiger partial charge in [0, 0.05) is 21.8 Å². The molecular weight excluding hydrogens is 561 g/mol. The number of anilines is 2. The van der Waals surface area contributed by atoms with Crippen LogP contribution < -0.4 is 16.0 Å². The molecule has 0 saturated heterocycles. The van der Waals surface area contributed by atoms with Crippen molar-refractivity contribution in [1.29, 1.82) is 0 Å². The van der Waals surface area contributed by atoms with Gasteiger partial charge < -0.3 is 16.0 Å². The lowest BCUT2D eigenvalue weighted by molar-refractivity contribution is -0.115. The number of hydrogen-bond donors (Lipinski definition) is 3. The van der Waals surface area contributed by atoms with Gasteiger partial charge in [0.25, 0.3) is 11.8 Å². The number of hydrogen-bond acceptors (Lipinski definition) is 4. The number of fused-ring (bicyclic) bond motifs is 1. The zero-order valence-corrected chi connectivity index (χ0v) is 24.0. The summed E-state index contributed by atoms with van der Waals surface area (Å²) in [6.45, 7) is 1.78. The van der Waals surface area contributed by atoms with Crippen LogP contribution in [0.2, 0.25) is 0 Å². The van der Waals surface area contributed by atoms with Crippen molar-refractivity contribution in [3.8, 4) is 0 Å². The van der Waals surface area contributed by atoms with Crippen LogP contribution in [-0.2, 0) is 9.59 Å². The first-order valence-electron chi connectivity index (χ1n) is 13.6. The van der Waals surface area contributed by atoms with Crippen molar-refractivity contribution in [3.63, 3.8) is 0 Å². The lowest BCUT2D eigenvalue weighted by Gasteiger charge is -2.14. The first-order chi connectivity index (χ1) is 20.9. The Bertz CT molecular complexity index is 1780. The summed E-state index contributed by atoms with van der Waals surface area (Å²) in [4.78, 5) is 39.9. The van der Waals surface area contributed by atoms with E-state index in [4.69, 9.17) is 0 Å². The Morgan fingerprint density at radius 1 is 0.721 bits per heavy atom. The van der Waals surface area contributed by atoms with Crippen LogP contribution in [0.25, 0.3) is 16.8 Å². The van der Waals surface area contributed by atoms with Crippen LogP contribution in [-0.4, -0.2) is 23.0 Å². The van der Waals surface area contributed by atoms with E-state index in [1.165, 1.54) is 36.0 Å². The molecule has 0 bridgehead atoms. The normalized spacial score (nSPS) is 11.9. The van der Waals surface area contributed by atoms with E-state index < -0.39 is 17.1 Å². The van der Waals surface area contributed by atoms with E-state index in [2.05, 4.69) is 16.0 Å². The van der Waals surface area contributed by atoms with Crippen LogP contribution in [0.4, 0.5) is 15.8 Å². The molecule has 3 amide bonds. The van der Waals surface area contributed by atoms with E-state index in [-0.39, 0.29) is 17.4 Å². The van der Waals surface area contributed by atoms with Gasteiger partial charge >= 0.3 is 0 Å². The fourth-order valence-electron chi connectivity index (χ4n) is 4.32. The Hall–Kier alpha value is -5.21. The standard InChI is InChI=1S/C35H28FN3O3S/c1-23(33(40)37-28-16-14-27(36)15-17-28)43-30-20-18-29(19-21-30)38-35(42)32(39-34(41)25-9-3-2-4-10-25)22-26-12-7-11-24-8-5-6-13-31(24)26/h2-23H,1H3,(H,37,40)(H,38,42)(H,39,41)/b32-22-. The number of nitrogens with one attached hydrogen (secondary N) is 3. The fourth-order valence-corrected chi connectivity index (χ4v) is 5.19. The summed E-state index contributed by atoms with van der Waals surface area (Å²) < 4.78 is 13.1. The summed E-state index contributed by atoms with van der Waals surface area (Å²) in [7, 11) is 0. The smallest absolute Gasteiger partial charge is 0.272 e. The maximum Gasteiger partial charge on any atom is 0.272 e. The van der Waals surface area contributed by atoms with Gasteiger partial charge in [0.05, 0.1) is 5.25 Å². The summed E-state index contributed by atoms with van der Waals surface area (Å²) >= 11 is 1.35. The quantitative estimate of drug-likeness (QED) is 0.123. The van der Waals surface area contributed by atoms with Gasteiger partial charge in [-0.2, -0.15) is 0 Å². The SMILES string of the molecule is CC(Sc1ccc(NC(=O)/C(=C/c2cccc3ccccc23)NC(=O)c2ccccc2)cc1)C(=O)Nc1ccc(F)cc1. The Labute approximate surface area is 253 Å². The van der Waals surface area contributed by atoms with Crippen LogP contribution >= 0.6 is 11.8 Å². The summed E-state index contributed by atoms with van der Waals surface area (Å²) in [6.07, 6.45) is 1.67. The molecule has 5 aromatic carbocycles. The van der Waals surface area contributed by atoms with Crippen molar-refractivity contribution < 1.29 is 18.8 Å². The minimum absolute atomic E-state index is 0.0924. The third-order valence-electron chi connectivity index (χ3n) is 6.56. The third kappa shape index (κ3) is 7.75. The lowest BCUT2D eigenvalue weighted by atomic mass is 10.0. The first kappa shape index (κ1) is 29.3. The fraction of sp³-hybridized carbons (Fsp3) is 0.0571. The van der Waals surface area contributed by atoms with Gasteiger partial charge in [-0.05, 0) is 90.0 Å². The van der Waals surface area contributed by atoms with Gasteiger partial charge in [-0.15, -0.1) is 11.8 Å². The van der Waals surface area contributed by atoms with E-state index >= 15 is 0 Å². The number of benzene rings is 5. The zero-order valence-electron chi connectivity index (χ0n) is 23.2. The highest BCUT2D eigenvalue weighted by molar-refractivity contribution is 8.00. The van der Waals surface area contributed by atoms with Crippen molar-refractivity contribution in [3.05, 3.63) is 144 Å². The Kier molecular flexibility index (Phi) is 9.29. The number of amides is 3. The zero-order chi connectivity index (χ0) is 30.2. The number of thioether (sulfide) groups is 1. The van der Waals surface area contributed by atoms with Crippen molar-refractivity contribution in [1.82, 2.24) is 5.32 Å². The van der Waals surface area contributed by atoms with Crippen molar-refractivity contribution >= 4 is 57.7 Å². The van der Waals surface area contributed by atoms with Gasteiger partial charge in [0.1, 0.15) is 11.5 Å². The van der Waals surface area contributed by atoms with Crippen molar-refractivity contribution in [2.75, 3.05) is 10.6 Å². The second kappa shape index (κ2) is 13.6. The second-order valence-electron chi connectivity index (χ2n) is 9.68. The average Bonchev–Trinajstić information content (AvgIpc) is 3.03. The van der Waals surface area contributed by atoms with E-state index in [0.717, 1.165) is 21.2 Å². The molecule has 1 atom stereocenters. The van der Waals surface area contributed by atoms with Crippen LogP contribution in [0.3, 0.4) is 0 Å². The summed E-state index contributed by atoms with van der Waals surface area (Å²) in [6, 6.07) is 35.0. The molecule has 1 unspecified atom stereocenters. The highest BCUT2D eigenvalue weighted by atomic mass is 32.2. The van der Waals surface area contributed by atoms with Crippen LogP contribution in [0.15, 0.2) is 132 Å². The molecule has 5 rings (SSSR count). The highest BCUT2D eigenvalue weighted by Crippen LogP contribution is 2.26. The molecule has 0 aliphatic rings. The molecule has 0 heterocycles. The van der Waals surface area contributed by atoms with Crippen LogP contribution in [0.1, 0.15) is 22.8 Å². The maximum absolute atomic E-state index is 13.5. The molecule has 0 radical (unpaired) electrons. The summed E-state index contributed by atoms with van der Waals surface area (Å²) in [5.41, 5.74) is 2.35. The van der Waals surface area contributed by atoms with E-state index in [1.54, 1.807) is 61.5 Å². The van der Waals surface area contributed by atoms with Gasteiger partial charge in [-0.1, -0.05) is 60.7 Å². The monoisotopic (exact) mass is 589 g/mol. The van der Waals surface area contributed by atoms with Gasteiger partial charge in [-0.25, -0.2) is 4.39 Å². The molecule has 0 spiro atoms. The molecule has 3 N–H and O–H groups in total. The summed E-state index contributed by atoms with van der Waals surface area (Å²) in [5.74, 6) is -1.47. The second-order valence-corrected chi connectivity index (χ2v) is 11.1. The number of carbonyl (C=O) groups is 3. The molecule has 0 fully saturated rings. The van der Waals surface area contributed by atoms with E-state index in [1.807, 2.05) is 48.5 Å².